The third-order valence-electron chi connectivity index (χ3n) is 4.44. The Kier molecular flexibility index (Phi) is 5.91. The van der Waals surface area contributed by atoms with E-state index in [9.17, 15) is 19.5 Å². The van der Waals surface area contributed by atoms with Gasteiger partial charge in [-0.05, 0) is 18.6 Å². The van der Waals surface area contributed by atoms with E-state index < -0.39 is 10.9 Å². The maximum atomic E-state index is 12.2. The van der Waals surface area contributed by atoms with Crippen molar-refractivity contribution in [1.82, 2.24) is 4.90 Å². The molecule has 7 heteroatoms. The first-order valence-corrected chi connectivity index (χ1v) is 8.55. The zero-order valence-corrected chi connectivity index (χ0v) is 15.9. The average molecular weight is 369 g/mol. The molecule has 0 saturated heterocycles. The summed E-state index contributed by atoms with van der Waals surface area (Å²) in [7, 11) is 4.71. The molecule has 27 heavy (non-hydrogen) atoms. The van der Waals surface area contributed by atoms with Crippen LogP contribution in [0.4, 0.5) is 17.1 Å². The van der Waals surface area contributed by atoms with Gasteiger partial charge in [0.15, 0.2) is 5.75 Å². The molecule has 2 aromatic rings. The Labute approximate surface area is 157 Å². The highest BCUT2D eigenvalue weighted by Gasteiger charge is 2.28. The molecule has 0 radical (unpaired) electrons. The summed E-state index contributed by atoms with van der Waals surface area (Å²) in [5, 5.41) is 13.6. The summed E-state index contributed by atoms with van der Waals surface area (Å²) < 4.78 is 0. The number of carbonyl (C=O) groups excluding carboxylic acids is 1. The van der Waals surface area contributed by atoms with Gasteiger partial charge in [0, 0.05) is 33.6 Å². The Morgan fingerprint density at radius 2 is 1.93 bits per heavy atom. The highest BCUT2D eigenvalue weighted by Crippen LogP contribution is 2.36. The molecule has 0 spiro atoms. The second kappa shape index (κ2) is 7.96. The minimum atomic E-state index is -0.653. The van der Waals surface area contributed by atoms with Crippen molar-refractivity contribution in [1.29, 1.82) is 0 Å². The maximum Gasteiger partial charge on any atom is 0.257 e. The van der Waals surface area contributed by atoms with Crippen LogP contribution in [0.15, 0.2) is 27.8 Å². The molecule has 0 aliphatic carbocycles. The van der Waals surface area contributed by atoms with Gasteiger partial charge in [-0.3, -0.25) is 14.4 Å². The van der Waals surface area contributed by atoms with Gasteiger partial charge in [0.05, 0.1) is 11.3 Å². The van der Waals surface area contributed by atoms with Crippen LogP contribution in [-0.2, 0) is 0 Å². The van der Waals surface area contributed by atoms with Crippen molar-refractivity contribution in [2.24, 2.45) is 0 Å². The number of anilines is 3. The van der Waals surface area contributed by atoms with E-state index in [1.54, 1.807) is 33.3 Å². The second-order valence-corrected chi connectivity index (χ2v) is 6.47. The largest absolute Gasteiger partial charge is 0.505 e. The van der Waals surface area contributed by atoms with Crippen LogP contribution in [0, 0.1) is 12.3 Å². The van der Waals surface area contributed by atoms with Crippen LogP contribution >= 0.6 is 0 Å². The van der Waals surface area contributed by atoms with Crippen LogP contribution in [-0.4, -0.2) is 43.1 Å². The number of terminal acetylenes is 1. The van der Waals surface area contributed by atoms with Gasteiger partial charge in [-0.1, -0.05) is 13.0 Å². The molecule has 0 aliphatic heterocycles. The van der Waals surface area contributed by atoms with Gasteiger partial charge in [-0.15, -0.1) is 12.3 Å². The van der Waals surface area contributed by atoms with Crippen molar-refractivity contribution in [2.75, 3.05) is 31.4 Å². The number of phenols is 1. The number of carbonyl (C=O) groups is 1. The minimum absolute atomic E-state index is 0.108. The molecule has 2 rings (SSSR count). The number of amides is 1. The van der Waals surface area contributed by atoms with Gasteiger partial charge in [0.2, 0.25) is 0 Å². The molecule has 7 nitrogen and oxygen atoms in total. The number of nitrogens with zero attached hydrogens (tertiary/aromatic N) is 2. The molecule has 1 unspecified atom stereocenters. The Morgan fingerprint density at radius 1 is 1.26 bits per heavy atom. The number of nitrogens with one attached hydrogen (secondary N) is 1. The van der Waals surface area contributed by atoms with Gasteiger partial charge in [-0.25, -0.2) is 0 Å². The fourth-order valence-corrected chi connectivity index (χ4v) is 2.81. The molecule has 0 saturated carbocycles. The van der Waals surface area contributed by atoms with E-state index in [0.717, 1.165) is 0 Å². The summed E-state index contributed by atoms with van der Waals surface area (Å²) >= 11 is 0. The highest BCUT2D eigenvalue weighted by molar-refractivity contribution is 5.99. The van der Waals surface area contributed by atoms with Gasteiger partial charge in [-0.2, -0.15) is 0 Å². The standard InChI is InChI=1S/C20H23N3O4/c1-6-9-12(7-2)21-15-16(19(26)18(15)25)23(5)14-11-8-10-13(17(14)24)20(27)22(3)4/h1,8,10-12,21,24H,7,9H2,2-5H3. The molecular weight excluding hydrogens is 346 g/mol. The van der Waals surface area contributed by atoms with E-state index in [2.05, 4.69) is 11.2 Å². The predicted octanol–water partition coefficient (Wildman–Crippen LogP) is 1.67. The normalized spacial score (nSPS) is 11.7. The molecule has 0 aliphatic rings. The fourth-order valence-electron chi connectivity index (χ4n) is 2.81. The van der Waals surface area contributed by atoms with E-state index in [1.165, 1.54) is 15.9 Å². The number of aromatic hydroxyl groups is 1. The number of hydrogen-bond acceptors (Lipinski definition) is 6. The van der Waals surface area contributed by atoms with Crippen LogP contribution in [0.5, 0.6) is 5.75 Å². The van der Waals surface area contributed by atoms with Crippen LogP contribution in [0.3, 0.4) is 0 Å². The third-order valence-corrected chi connectivity index (χ3v) is 4.44. The Bertz CT molecular complexity index is 965. The van der Waals surface area contributed by atoms with E-state index in [4.69, 9.17) is 6.42 Å². The molecule has 142 valence electrons. The van der Waals surface area contributed by atoms with Crippen LogP contribution in [0.25, 0.3) is 0 Å². The molecule has 0 aromatic heterocycles. The lowest BCUT2D eigenvalue weighted by Crippen LogP contribution is -2.41. The lowest BCUT2D eigenvalue weighted by atomic mass is 10.1. The summed E-state index contributed by atoms with van der Waals surface area (Å²) in [6.07, 6.45) is 6.44. The molecule has 0 bridgehead atoms. The van der Waals surface area contributed by atoms with Gasteiger partial charge < -0.3 is 20.2 Å². The zero-order valence-electron chi connectivity index (χ0n) is 15.9. The number of benzene rings is 1. The van der Waals surface area contributed by atoms with Crippen molar-refractivity contribution in [3.8, 4) is 18.1 Å². The summed E-state index contributed by atoms with van der Waals surface area (Å²) in [5.74, 6) is 1.91. The first-order chi connectivity index (χ1) is 12.7. The summed E-state index contributed by atoms with van der Waals surface area (Å²) in [6.45, 7) is 1.92. The predicted molar refractivity (Wildman–Crippen MR) is 107 cm³/mol. The first kappa shape index (κ1) is 20.0. The van der Waals surface area contributed by atoms with Crippen molar-refractivity contribution in [3.63, 3.8) is 0 Å². The number of rotatable bonds is 7. The number of para-hydroxylation sites is 1. The van der Waals surface area contributed by atoms with Crippen LogP contribution < -0.4 is 21.1 Å². The van der Waals surface area contributed by atoms with Crippen LogP contribution in [0.2, 0.25) is 0 Å². The summed E-state index contributed by atoms with van der Waals surface area (Å²) in [4.78, 5) is 39.2. The minimum Gasteiger partial charge on any atom is -0.505 e. The van der Waals surface area contributed by atoms with Crippen molar-refractivity contribution >= 4 is 23.0 Å². The van der Waals surface area contributed by atoms with Gasteiger partial charge in [0.25, 0.3) is 16.8 Å². The summed E-state index contributed by atoms with van der Waals surface area (Å²) in [5.41, 5.74) is -0.598. The van der Waals surface area contributed by atoms with E-state index in [1.807, 2.05) is 6.92 Å². The molecular formula is C20H23N3O4. The van der Waals surface area contributed by atoms with Crippen molar-refractivity contribution < 1.29 is 9.90 Å². The van der Waals surface area contributed by atoms with Crippen molar-refractivity contribution in [3.05, 3.63) is 44.2 Å². The third kappa shape index (κ3) is 3.65. The first-order valence-electron chi connectivity index (χ1n) is 8.55. The SMILES string of the molecule is C#CCC(CC)Nc1c(N(C)c2cccc(C(=O)N(C)C)c2O)c(=O)c1=O. The molecule has 1 atom stereocenters. The van der Waals surface area contributed by atoms with Crippen molar-refractivity contribution in [2.45, 2.75) is 25.8 Å². The highest BCUT2D eigenvalue weighted by atomic mass is 16.3. The fraction of sp³-hybridized carbons (Fsp3) is 0.350. The van der Waals surface area contributed by atoms with E-state index >= 15 is 0 Å². The molecule has 0 fully saturated rings. The van der Waals surface area contributed by atoms with Crippen LogP contribution in [0.1, 0.15) is 30.1 Å². The average Bonchev–Trinajstić information content (AvgIpc) is 2.65. The lowest BCUT2D eigenvalue weighted by Gasteiger charge is -2.27. The monoisotopic (exact) mass is 369 g/mol. The zero-order chi connectivity index (χ0) is 20.3. The number of phenolic OH excluding ortho intramolecular Hbond substituents is 1. The quantitative estimate of drug-likeness (QED) is 0.570. The van der Waals surface area contributed by atoms with Gasteiger partial charge >= 0.3 is 0 Å². The molecule has 1 amide bonds. The lowest BCUT2D eigenvalue weighted by molar-refractivity contribution is 0.0824. The topological polar surface area (TPSA) is 89.9 Å². The molecule has 0 heterocycles. The Hall–Kier alpha value is -3.27. The smallest absolute Gasteiger partial charge is 0.257 e. The van der Waals surface area contributed by atoms with Gasteiger partial charge in [0.1, 0.15) is 11.4 Å². The van der Waals surface area contributed by atoms with E-state index in [0.29, 0.717) is 12.8 Å². The second-order valence-electron chi connectivity index (χ2n) is 6.47. The Morgan fingerprint density at radius 3 is 2.48 bits per heavy atom. The Balaban J connectivity index is 2.44. The molecule has 2 aromatic carbocycles. The van der Waals surface area contributed by atoms with E-state index in [-0.39, 0.29) is 40.3 Å². The molecule has 2 N–H and O–H groups in total. The maximum absolute atomic E-state index is 12.2. The summed E-state index contributed by atoms with van der Waals surface area (Å²) in [6, 6.07) is 4.53. The number of hydrogen-bond donors (Lipinski definition) is 2.